The van der Waals surface area contributed by atoms with Crippen LogP contribution < -0.4 is 0 Å². The molecule has 0 amide bonds. The number of rotatable bonds is 2. The number of hydrogen-bond acceptors (Lipinski definition) is 0. The molecule has 2 aliphatic rings. The molecule has 0 nitrogen and oxygen atoms in total. The van der Waals surface area contributed by atoms with E-state index in [1.807, 2.05) is 0 Å². The van der Waals surface area contributed by atoms with Crippen LogP contribution in [-0.2, 0) is 0 Å². The van der Waals surface area contributed by atoms with Gasteiger partial charge in [0.1, 0.15) is 0 Å². The van der Waals surface area contributed by atoms with E-state index in [0.29, 0.717) is 11.8 Å². The molecule has 2 atom stereocenters. The standard InChI is InChI=1S/C21H20/c1-3-8-16(9-4-1)20-14-18-12-7-13-19(18)15-21(20)17-10-5-2-6-11-17/h1-12,20-21H,13-15H2. The number of benzene rings is 2. The minimum Gasteiger partial charge on any atom is -0.0802 e. The van der Waals surface area contributed by atoms with Crippen LogP contribution in [0.3, 0.4) is 0 Å². The summed E-state index contributed by atoms with van der Waals surface area (Å²) in [5, 5.41) is 0. The van der Waals surface area contributed by atoms with Gasteiger partial charge in [0, 0.05) is 0 Å². The van der Waals surface area contributed by atoms with E-state index in [1.165, 1.54) is 30.4 Å². The van der Waals surface area contributed by atoms with Crippen molar-refractivity contribution in [1.82, 2.24) is 0 Å². The summed E-state index contributed by atoms with van der Waals surface area (Å²) < 4.78 is 0. The number of hydrogen-bond donors (Lipinski definition) is 0. The first kappa shape index (κ1) is 12.6. The second-order valence-corrected chi connectivity index (χ2v) is 6.18. The summed E-state index contributed by atoms with van der Waals surface area (Å²) in [6, 6.07) is 22.1. The Morgan fingerprint density at radius 3 is 1.86 bits per heavy atom. The highest BCUT2D eigenvalue weighted by atomic mass is 14.4. The fraction of sp³-hybridized carbons (Fsp3) is 0.238. The van der Waals surface area contributed by atoms with Crippen molar-refractivity contribution in [2.75, 3.05) is 0 Å². The molecule has 2 unspecified atom stereocenters. The molecule has 2 aliphatic carbocycles. The smallest absolute Gasteiger partial charge is 0.00496 e. The molecule has 0 aromatic heterocycles. The molecule has 0 heteroatoms. The first-order valence-corrected chi connectivity index (χ1v) is 7.89. The maximum atomic E-state index is 2.35. The Balaban J connectivity index is 1.75. The fourth-order valence-electron chi connectivity index (χ4n) is 3.91. The zero-order chi connectivity index (χ0) is 14.1. The third-order valence-corrected chi connectivity index (χ3v) is 4.98. The fourth-order valence-corrected chi connectivity index (χ4v) is 3.91. The van der Waals surface area contributed by atoms with Gasteiger partial charge in [-0.15, -0.1) is 0 Å². The van der Waals surface area contributed by atoms with E-state index in [1.54, 1.807) is 11.1 Å². The van der Waals surface area contributed by atoms with Crippen LogP contribution in [0.2, 0.25) is 0 Å². The Labute approximate surface area is 126 Å². The summed E-state index contributed by atoms with van der Waals surface area (Å²) >= 11 is 0. The molecule has 0 fully saturated rings. The Morgan fingerprint density at radius 2 is 1.24 bits per heavy atom. The van der Waals surface area contributed by atoms with Gasteiger partial charge in [-0.25, -0.2) is 0 Å². The molecule has 0 saturated carbocycles. The van der Waals surface area contributed by atoms with Crippen molar-refractivity contribution in [3.8, 4) is 0 Å². The van der Waals surface area contributed by atoms with Crippen molar-refractivity contribution in [2.45, 2.75) is 31.1 Å². The molecule has 0 spiro atoms. The topological polar surface area (TPSA) is 0 Å². The SMILES string of the molecule is C1=CC2=C(C1)CC(c1ccccc1)C(c1ccccc1)C2. The molecule has 0 N–H and O–H groups in total. The zero-order valence-electron chi connectivity index (χ0n) is 12.2. The maximum Gasteiger partial charge on any atom is -0.00496 e. The van der Waals surface area contributed by atoms with Crippen molar-refractivity contribution in [3.05, 3.63) is 95.1 Å². The second kappa shape index (κ2) is 5.37. The third-order valence-electron chi connectivity index (χ3n) is 4.98. The van der Waals surface area contributed by atoms with Gasteiger partial charge < -0.3 is 0 Å². The Morgan fingerprint density at radius 1 is 0.667 bits per heavy atom. The summed E-state index contributed by atoms with van der Waals surface area (Å²) in [5.74, 6) is 1.22. The molecule has 21 heavy (non-hydrogen) atoms. The molecule has 0 aliphatic heterocycles. The van der Waals surface area contributed by atoms with Crippen LogP contribution in [0.25, 0.3) is 0 Å². The van der Waals surface area contributed by atoms with E-state index in [9.17, 15) is 0 Å². The zero-order valence-corrected chi connectivity index (χ0v) is 12.2. The van der Waals surface area contributed by atoms with Crippen molar-refractivity contribution >= 4 is 0 Å². The quantitative estimate of drug-likeness (QED) is 0.667. The lowest BCUT2D eigenvalue weighted by Gasteiger charge is -2.33. The monoisotopic (exact) mass is 272 g/mol. The predicted octanol–water partition coefficient (Wildman–Crippen LogP) is 5.60. The average molecular weight is 272 g/mol. The van der Waals surface area contributed by atoms with Crippen molar-refractivity contribution in [2.24, 2.45) is 0 Å². The van der Waals surface area contributed by atoms with Crippen LogP contribution in [0.4, 0.5) is 0 Å². The predicted molar refractivity (Wildman–Crippen MR) is 88.4 cm³/mol. The first-order valence-electron chi connectivity index (χ1n) is 7.89. The van der Waals surface area contributed by atoms with Gasteiger partial charge in [-0.3, -0.25) is 0 Å². The molecule has 4 rings (SSSR count). The lowest BCUT2D eigenvalue weighted by Crippen LogP contribution is -2.17. The molecule has 104 valence electrons. The van der Waals surface area contributed by atoms with Gasteiger partial charge in [-0.05, 0) is 47.8 Å². The van der Waals surface area contributed by atoms with Gasteiger partial charge in [0.25, 0.3) is 0 Å². The highest BCUT2D eigenvalue weighted by Crippen LogP contribution is 2.48. The van der Waals surface area contributed by atoms with E-state index in [-0.39, 0.29) is 0 Å². The summed E-state index contributed by atoms with van der Waals surface area (Å²) in [7, 11) is 0. The Hall–Kier alpha value is -2.08. The van der Waals surface area contributed by atoms with E-state index in [0.717, 1.165) is 0 Å². The van der Waals surface area contributed by atoms with E-state index >= 15 is 0 Å². The van der Waals surface area contributed by atoms with E-state index < -0.39 is 0 Å². The van der Waals surface area contributed by atoms with Crippen LogP contribution in [0, 0.1) is 0 Å². The van der Waals surface area contributed by atoms with E-state index in [2.05, 4.69) is 72.8 Å². The van der Waals surface area contributed by atoms with Gasteiger partial charge in [-0.1, -0.05) is 78.4 Å². The van der Waals surface area contributed by atoms with Crippen molar-refractivity contribution in [1.29, 1.82) is 0 Å². The highest BCUT2D eigenvalue weighted by Gasteiger charge is 2.32. The normalized spacial score (nSPS) is 24.2. The van der Waals surface area contributed by atoms with Crippen LogP contribution in [0.15, 0.2) is 84.0 Å². The molecule has 2 aromatic carbocycles. The molecular weight excluding hydrogens is 252 g/mol. The molecule has 0 saturated heterocycles. The van der Waals surface area contributed by atoms with Crippen LogP contribution >= 0.6 is 0 Å². The molecule has 0 heterocycles. The molecule has 0 radical (unpaired) electrons. The largest absolute Gasteiger partial charge is 0.0802 e. The third kappa shape index (κ3) is 2.35. The Kier molecular flexibility index (Phi) is 3.23. The van der Waals surface area contributed by atoms with Crippen molar-refractivity contribution < 1.29 is 0 Å². The molecule has 2 aromatic rings. The van der Waals surface area contributed by atoms with Gasteiger partial charge in [0.15, 0.2) is 0 Å². The summed E-state index contributed by atoms with van der Waals surface area (Å²) in [4.78, 5) is 0. The van der Waals surface area contributed by atoms with Gasteiger partial charge in [0.2, 0.25) is 0 Å². The van der Waals surface area contributed by atoms with Crippen LogP contribution in [0.1, 0.15) is 42.2 Å². The lowest BCUT2D eigenvalue weighted by molar-refractivity contribution is 0.501. The summed E-state index contributed by atoms with van der Waals surface area (Å²) in [5.41, 5.74) is 6.23. The Bertz CT molecular complexity index is 676. The highest BCUT2D eigenvalue weighted by molar-refractivity contribution is 5.43. The van der Waals surface area contributed by atoms with Crippen molar-refractivity contribution in [3.63, 3.8) is 0 Å². The minimum atomic E-state index is 0.607. The summed E-state index contributed by atoms with van der Waals surface area (Å²) in [6.45, 7) is 0. The number of allylic oxidation sites excluding steroid dienone is 4. The van der Waals surface area contributed by atoms with E-state index in [4.69, 9.17) is 0 Å². The van der Waals surface area contributed by atoms with Gasteiger partial charge in [0.05, 0.1) is 0 Å². The minimum absolute atomic E-state index is 0.607. The van der Waals surface area contributed by atoms with Gasteiger partial charge >= 0.3 is 0 Å². The molecule has 0 bridgehead atoms. The maximum absolute atomic E-state index is 2.35. The average Bonchev–Trinajstić information content (AvgIpc) is 3.03. The van der Waals surface area contributed by atoms with Gasteiger partial charge in [-0.2, -0.15) is 0 Å². The van der Waals surface area contributed by atoms with Crippen LogP contribution in [-0.4, -0.2) is 0 Å². The van der Waals surface area contributed by atoms with Crippen LogP contribution in [0.5, 0.6) is 0 Å². The first-order chi connectivity index (χ1) is 10.4. The second-order valence-electron chi connectivity index (χ2n) is 6.18. The summed E-state index contributed by atoms with van der Waals surface area (Å²) in [6.07, 6.45) is 8.26. The lowest BCUT2D eigenvalue weighted by atomic mass is 9.70. The molecular formula is C21H20.